The zero-order valence-corrected chi connectivity index (χ0v) is 24.0. The fourth-order valence-corrected chi connectivity index (χ4v) is 5.48. The van der Waals surface area contributed by atoms with Crippen molar-refractivity contribution in [2.75, 3.05) is 0 Å². The number of nitro groups is 1. The van der Waals surface area contributed by atoms with E-state index in [4.69, 9.17) is 4.74 Å². The van der Waals surface area contributed by atoms with E-state index < -0.39 is 37.5 Å². The molecule has 41 heavy (non-hydrogen) atoms. The smallest absolute Gasteiger partial charge is 0.272 e. The lowest BCUT2D eigenvalue weighted by Gasteiger charge is -2.16. The molecule has 0 aliphatic heterocycles. The Balaban J connectivity index is 1.84. The summed E-state index contributed by atoms with van der Waals surface area (Å²) in [6.07, 6.45) is 3.27. The van der Waals surface area contributed by atoms with Gasteiger partial charge in [0.2, 0.25) is 15.9 Å². The maximum atomic E-state index is 13.3. The maximum absolute atomic E-state index is 13.3. The fraction of sp³-hybridized carbons (Fsp3) is 0.250. The molecule has 0 saturated carbocycles. The van der Waals surface area contributed by atoms with Crippen molar-refractivity contribution in [3.63, 3.8) is 0 Å². The van der Waals surface area contributed by atoms with Crippen molar-refractivity contribution in [3.8, 4) is 17.3 Å². The van der Waals surface area contributed by atoms with Gasteiger partial charge in [-0.2, -0.15) is 9.78 Å². The highest BCUT2D eigenvalue weighted by Crippen LogP contribution is 2.36. The number of ether oxygens (including phenoxy) is 1. The summed E-state index contributed by atoms with van der Waals surface area (Å²) in [5.74, 6) is -0.556. The summed E-state index contributed by atoms with van der Waals surface area (Å²) in [5.41, 5.74) is 3.14. The number of amides is 1. The molecule has 0 fully saturated rings. The van der Waals surface area contributed by atoms with Crippen molar-refractivity contribution in [1.82, 2.24) is 24.8 Å². The van der Waals surface area contributed by atoms with E-state index in [0.717, 1.165) is 28.8 Å². The molecule has 2 heterocycles. The Bertz CT molecular complexity index is 1720. The van der Waals surface area contributed by atoms with Crippen LogP contribution >= 0.6 is 0 Å². The van der Waals surface area contributed by atoms with Crippen molar-refractivity contribution in [2.24, 2.45) is 0 Å². The van der Waals surface area contributed by atoms with E-state index in [9.17, 15) is 23.3 Å². The number of pyridine rings is 1. The minimum absolute atomic E-state index is 0.0661. The molecule has 0 aliphatic carbocycles. The molecule has 13 heteroatoms. The van der Waals surface area contributed by atoms with Crippen LogP contribution in [0.3, 0.4) is 0 Å². The molecular weight excluding hydrogens is 548 g/mol. The van der Waals surface area contributed by atoms with Gasteiger partial charge in [0.15, 0.2) is 5.69 Å². The second-order valence-corrected chi connectivity index (χ2v) is 11.5. The lowest BCUT2D eigenvalue weighted by atomic mass is 10.1. The number of non-ortho nitro benzene ring substituents is 1. The number of aromatic nitrogens is 3. The van der Waals surface area contributed by atoms with Crippen LogP contribution in [-0.2, 0) is 16.6 Å². The first kappa shape index (κ1) is 29.4. The van der Waals surface area contributed by atoms with Crippen LogP contribution in [0.1, 0.15) is 46.6 Å². The Morgan fingerprint density at radius 2 is 1.88 bits per heavy atom. The van der Waals surface area contributed by atoms with Crippen LogP contribution in [0.2, 0.25) is 0 Å². The summed E-state index contributed by atoms with van der Waals surface area (Å²) in [4.78, 5) is 27.7. The molecule has 0 saturated heterocycles. The van der Waals surface area contributed by atoms with Crippen LogP contribution in [0.4, 0.5) is 5.69 Å². The van der Waals surface area contributed by atoms with Gasteiger partial charge in [-0.05, 0) is 69.5 Å². The van der Waals surface area contributed by atoms with Crippen LogP contribution in [0.15, 0.2) is 65.8 Å². The van der Waals surface area contributed by atoms with E-state index in [2.05, 4.69) is 20.1 Å². The Morgan fingerprint density at radius 3 is 2.54 bits per heavy atom. The molecule has 214 valence electrons. The molecule has 12 nitrogen and oxygen atoms in total. The van der Waals surface area contributed by atoms with Crippen LogP contribution in [0, 0.1) is 30.9 Å². The number of benzene rings is 2. The van der Waals surface area contributed by atoms with Gasteiger partial charge in [0, 0.05) is 42.7 Å². The number of nitrogens with zero attached hydrogens (tertiary/aromatic N) is 4. The number of nitro benzene ring substituents is 1. The van der Waals surface area contributed by atoms with Gasteiger partial charge >= 0.3 is 0 Å². The number of carbonyl (C=O) groups is 1. The lowest BCUT2D eigenvalue weighted by molar-refractivity contribution is -0.385. The lowest BCUT2D eigenvalue weighted by Crippen LogP contribution is -2.30. The molecule has 4 rings (SSSR count). The van der Waals surface area contributed by atoms with Crippen molar-refractivity contribution >= 4 is 21.6 Å². The second-order valence-electron chi connectivity index (χ2n) is 9.79. The number of nitrogens with one attached hydrogen (secondary N) is 2. The van der Waals surface area contributed by atoms with Crippen molar-refractivity contribution in [1.29, 1.82) is 0 Å². The van der Waals surface area contributed by atoms with E-state index in [-0.39, 0.29) is 23.9 Å². The van der Waals surface area contributed by atoms with Gasteiger partial charge in [-0.1, -0.05) is 18.2 Å². The Hall–Kier alpha value is -4.62. The molecule has 4 aromatic rings. The number of sulfonamides is 1. The highest BCUT2D eigenvalue weighted by molar-refractivity contribution is 7.89. The third kappa shape index (κ3) is 6.58. The Kier molecular flexibility index (Phi) is 8.49. The minimum Gasteiger partial charge on any atom is -0.437 e. The average molecular weight is 579 g/mol. The van der Waals surface area contributed by atoms with Crippen molar-refractivity contribution < 1.29 is 22.9 Å². The Labute approximate surface area is 237 Å². The Morgan fingerprint density at radius 1 is 1.12 bits per heavy atom. The molecule has 0 bridgehead atoms. The first-order valence-electron chi connectivity index (χ1n) is 12.7. The van der Waals surface area contributed by atoms with Gasteiger partial charge in [-0.15, -0.1) is 0 Å². The summed E-state index contributed by atoms with van der Waals surface area (Å²) >= 11 is 0. The second kappa shape index (κ2) is 11.9. The van der Waals surface area contributed by atoms with E-state index >= 15 is 0 Å². The predicted molar refractivity (Wildman–Crippen MR) is 152 cm³/mol. The van der Waals surface area contributed by atoms with Crippen LogP contribution in [0.25, 0.3) is 5.69 Å². The predicted octanol–water partition coefficient (Wildman–Crippen LogP) is 4.51. The number of aryl methyl sites for hydroxylation is 2. The van der Waals surface area contributed by atoms with Gasteiger partial charge in [0.25, 0.3) is 11.6 Å². The summed E-state index contributed by atoms with van der Waals surface area (Å²) in [7, 11) is -4.21. The van der Waals surface area contributed by atoms with Gasteiger partial charge in [0.1, 0.15) is 10.6 Å². The van der Waals surface area contributed by atoms with E-state index in [1.807, 2.05) is 38.1 Å². The summed E-state index contributed by atoms with van der Waals surface area (Å²) in [5, 5.41) is 18.9. The summed E-state index contributed by atoms with van der Waals surface area (Å²) in [6.45, 7) is 8.88. The largest absolute Gasteiger partial charge is 0.437 e. The highest BCUT2D eigenvalue weighted by Gasteiger charge is 2.28. The molecule has 2 aromatic heterocycles. The van der Waals surface area contributed by atoms with Crippen LogP contribution in [-0.4, -0.2) is 40.1 Å². The number of hydrogen-bond acceptors (Lipinski definition) is 8. The molecular formula is C28H30N6O6S. The minimum atomic E-state index is -4.21. The molecule has 0 unspecified atom stereocenters. The van der Waals surface area contributed by atoms with Crippen molar-refractivity contribution in [2.45, 2.75) is 52.1 Å². The molecule has 2 aromatic carbocycles. The van der Waals surface area contributed by atoms with Crippen LogP contribution < -0.4 is 14.8 Å². The summed E-state index contributed by atoms with van der Waals surface area (Å²) < 4.78 is 36.4. The van der Waals surface area contributed by atoms with Gasteiger partial charge < -0.3 is 10.1 Å². The average Bonchev–Trinajstić information content (AvgIpc) is 3.24. The molecule has 0 aliphatic rings. The fourth-order valence-electron chi connectivity index (χ4n) is 4.08. The summed E-state index contributed by atoms with van der Waals surface area (Å²) in [6, 6.07) is 12.1. The molecule has 0 atom stereocenters. The molecule has 1 amide bonds. The number of hydrogen-bond donors (Lipinski definition) is 2. The van der Waals surface area contributed by atoms with Gasteiger partial charge in [0.05, 0.1) is 10.6 Å². The zero-order chi connectivity index (χ0) is 29.9. The monoisotopic (exact) mass is 578 g/mol. The normalized spacial score (nSPS) is 11.5. The number of carbonyl (C=O) groups excluding carboxylic acids is 1. The third-order valence-corrected chi connectivity index (χ3v) is 7.76. The van der Waals surface area contributed by atoms with Gasteiger partial charge in [-0.3, -0.25) is 19.9 Å². The molecule has 0 spiro atoms. The third-order valence-electron chi connectivity index (χ3n) is 6.08. The molecule has 0 radical (unpaired) electrons. The SMILES string of the molecule is Cc1ccc(C)c(-n2nc(C(=O)NCc3cccnc3)c(C)c2Oc2ccc([N+](=O)[O-])cc2S(=O)(=O)NC(C)C)c1. The number of rotatable bonds is 10. The van der Waals surface area contributed by atoms with Gasteiger partial charge in [-0.25, -0.2) is 13.1 Å². The van der Waals surface area contributed by atoms with E-state index in [0.29, 0.717) is 11.3 Å². The zero-order valence-electron chi connectivity index (χ0n) is 23.2. The molecule has 2 N–H and O–H groups in total. The van der Waals surface area contributed by atoms with E-state index in [1.54, 1.807) is 39.2 Å². The standard InChI is InChI=1S/C28H30N6O6S/c1-17(2)32-41(38,39)25-14-22(34(36)37)10-11-24(25)40-28-20(5)26(27(35)30-16-21-7-6-12-29-15-21)31-33(28)23-13-18(3)8-9-19(23)4/h6-15,17,32H,16H2,1-5H3,(H,30,35). The van der Waals surface area contributed by atoms with Crippen LogP contribution in [0.5, 0.6) is 11.6 Å². The van der Waals surface area contributed by atoms with E-state index in [1.165, 1.54) is 10.7 Å². The highest BCUT2D eigenvalue weighted by atomic mass is 32.2. The van der Waals surface area contributed by atoms with Crippen molar-refractivity contribution in [3.05, 3.63) is 99.0 Å². The quantitative estimate of drug-likeness (QED) is 0.205. The first-order valence-corrected chi connectivity index (χ1v) is 14.2. The first-order chi connectivity index (χ1) is 19.4. The maximum Gasteiger partial charge on any atom is 0.272 e. The topological polar surface area (TPSA) is 158 Å².